The highest BCUT2D eigenvalue weighted by molar-refractivity contribution is 14.1. The Morgan fingerprint density at radius 2 is 1.75 bits per heavy atom. The Kier molecular flexibility index (Phi) is 3.87. The molecule has 0 N–H and O–H groups in total. The predicted molar refractivity (Wildman–Crippen MR) is 63.8 cm³/mol. The van der Waals surface area contributed by atoms with Gasteiger partial charge in [-0.15, -0.1) is 0 Å². The topological polar surface area (TPSA) is 0 Å². The van der Waals surface area contributed by atoms with Crippen molar-refractivity contribution in [2.75, 3.05) is 4.43 Å². The molecule has 1 aliphatic rings. The molecule has 0 amide bonds. The van der Waals surface area contributed by atoms with Crippen molar-refractivity contribution in [1.82, 2.24) is 0 Å². The van der Waals surface area contributed by atoms with Crippen LogP contribution in [0.3, 0.4) is 0 Å². The Balaban J connectivity index is 2.62. The Bertz CT molecular complexity index is 126. The highest BCUT2D eigenvalue weighted by atomic mass is 127. The maximum Gasteiger partial charge on any atom is 0.00521 e. The van der Waals surface area contributed by atoms with Gasteiger partial charge < -0.3 is 0 Å². The standard InChI is InChI=1S/C11H21I/c1-4-11(8-12)6-9(2)5-10(3)7-11/h9-10H,4-8H2,1-3H3. The molecule has 2 atom stereocenters. The Hall–Kier alpha value is 0.730. The molecule has 1 heteroatoms. The summed E-state index contributed by atoms with van der Waals surface area (Å²) < 4.78 is 1.36. The van der Waals surface area contributed by atoms with Crippen LogP contribution < -0.4 is 0 Å². The van der Waals surface area contributed by atoms with Crippen LogP contribution in [0.1, 0.15) is 46.5 Å². The van der Waals surface area contributed by atoms with Crippen molar-refractivity contribution in [3.05, 3.63) is 0 Å². The summed E-state index contributed by atoms with van der Waals surface area (Å²) >= 11 is 2.58. The SMILES string of the molecule is CCC1(CI)CC(C)CC(C)C1. The first kappa shape index (κ1) is 10.8. The van der Waals surface area contributed by atoms with Crippen molar-refractivity contribution in [3.8, 4) is 0 Å². The second kappa shape index (κ2) is 4.30. The third-order valence-electron chi connectivity index (χ3n) is 3.40. The zero-order valence-electron chi connectivity index (χ0n) is 8.57. The second-order valence-electron chi connectivity index (χ2n) is 4.84. The van der Waals surface area contributed by atoms with Gasteiger partial charge in [-0.1, -0.05) is 43.4 Å². The van der Waals surface area contributed by atoms with Crippen LogP contribution in [-0.2, 0) is 0 Å². The number of rotatable bonds is 2. The summed E-state index contributed by atoms with van der Waals surface area (Å²) in [5, 5.41) is 0. The molecule has 0 aromatic rings. The van der Waals surface area contributed by atoms with Crippen LogP contribution in [0.15, 0.2) is 0 Å². The summed E-state index contributed by atoms with van der Waals surface area (Å²) in [6.45, 7) is 7.21. The quantitative estimate of drug-likeness (QED) is 0.523. The van der Waals surface area contributed by atoms with Crippen molar-refractivity contribution in [3.63, 3.8) is 0 Å². The fraction of sp³-hybridized carbons (Fsp3) is 1.00. The van der Waals surface area contributed by atoms with Gasteiger partial charge in [-0.25, -0.2) is 0 Å². The third-order valence-corrected chi connectivity index (χ3v) is 5.02. The molecule has 1 rings (SSSR count). The Morgan fingerprint density at radius 3 is 2.08 bits per heavy atom. The molecule has 1 fully saturated rings. The number of hydrogen-bond donors (Lipinski definition) is 0. The molecule has 0 heterocycles. The Morgan fingerprint density at radius 1 is 1.25 bits per heavy atom. The van der Waals surface area contributed by atoms with Crippen LogP contribution in [0.25, 0.3) is 0 Å². The van der Waals surface area contributed by atoms with Crippen molar-refractivity contribution in [2.45, 2.75) is 46.5 Å². The highest BCUT2D eigenvalue weighted by Gasteiger charge is 2.35. The van der Waals surface area contributed by atoms with E-state index in [1.807, 2.05) is 0 Å². The maximum atomic E-state index is 2.58. The van der Waals surface area contributed by atoms with Crippen LogP contribution >= 0.6 is 22.6 Å². The summed E-state index contributed by atoms with van der Waals surface area (Å²) in [6.07, 6.45) is 5.77. The van der Waals surface area contributed by atoms with E-state index in [0.29, 0.717) is 5.41 Å². The van der Waals surface area contributed by atoms with E-state index in [1.54, 1.807) is 0 Å². The number of hydrogen-bond acceptors (Lipinski definition) is 0. The lowest BCUT2D eigenvalue weighted by Crippen LogP contribution is -2.32. The minimum atomic E-state index is 0.692. The largest absolute Gasteiger partial charge is 0.0858 e. The van der Waals surface area contributed by atoms with Crippen molar-refractivity contribution < 1.29 is 0 Å². The van der Waals surface area contributed by atoms with E-state index in [4.69, 9.17) is 0 Å². The van der Waals surface area contributed by atoms with Crippen LogP contribution in [0, 0.1) is 17.3 Å². The van der Waals surface area contributed by atoms with Gasteiger partial charge in [0.1, 0.15) is 0 Å². The molecule has 2 unspecified atom stereocenters. The molecule has 0 saturated heterocycles. The van der Waals surface area contributed by atoms with Gasteiger partial charge in [0.25, 0.3) is 0 Å². The summed E-state index contributed by atoms with van der Waals surface area (Å²) in [4.78, 5) is 0. The van der Waals surface area contributed by atoms with Crippen LogP contribution in [0.5, 0.6) is 0 Å². The van der Waals surface area contributed by atoms with Gasteiger partial charge in [-0.2, -0.15) is 0 Å². The molecule has 0 spiro atoms. The van der Waals surface area contributed by atoms with E-state index in [-0.39, 0.29) is 0 Å². The molecule has 0 radical (unpaired) electrons. The first-order chi connectivity index (χ1) is 5.62. The molecule has 72 valence electrons. The van der Waals surface area contributed by atoms with Crippen LogP contribution in [0.2, 0.25) is 0 Å². The van der Waals surface area contributed by atoms with Gasteiger partial charge in [0, 0.05) is 4.43 Å². The normalized spacial score (nSPS) is 43.0. The van der Waals surface area contributed by atoms with Gasteiger partial charge in [0.05, 0.1) is 0 Å². The second-order valence-corrected chi connectivity index (χ2v) is 5.60. The molecule has 1 saturated carbocycles. The zero-order valence-corrected chi connectivity index (χ0v) is 10.7. The van der Waals surface area contributed by atoms with Gasteiger partial charge in [-0.3, -0.25) is 0 Å². The first-order valence-corrected chi connectivity index (χ1v) is 6.70. The molecule has 0 nitrogen and oxygen atoms in total. The number of alkyl halides is 1. The summed E-state index contributed by atoms with van der Waals surface area (Å²) in [5.74, 6) is 1.92. The van der Waals surface area contributed by atoms with Crippen LogP contribution in [0.4, 0.5) is 0 Å². The van der Waals surface area contributed by atoms with E-state index in [0.717, 1.165) is 11.8 Å². The van der Waals surface area contributed by atoms with Gasteiger partial charge in [-0.05, 0) is 42.9 Å². The smallest absolute Gasteiger partial charge is 0.00521 e. The monoisotopic (exact) mass is 280 g/mol. The molecular formula is C11H21I. The minimum Gasteiger partial charge on any atom is -0.0858 e. The van der Waals surface area contributed by atoms with Crippen molar-refractivity contribution >= 4 is 22.6 Å². The summed E-state index contributed by atoms with van der Waals surface area (Å²) in [7, 11) is 0. The highest BCUT2D eigenvalue weighted by Crippen LogP contribution is 2.45. The van der Waals surface area contributed by atoms with Crippen LogP contribution in [-0.4, -0.2) is 4.43 Å². The zero-order chi connectivity index (χ0) is 9.19. The predicted octanol–water partition coefficient (Wildman–Crippen LogP) is 4.27. The van der Waals surface area contributed by atoms with Crippen molar-refractivity contribution in [1.29, 1.82) is 0 Å². The Labute approximate surface area is 90.6 Å². The average Bonchev–Trinajstić information content (AvgIpc) is 2.02. The molecule has 0 aromatic carbocycles. The fourth-order valence-corrected chi connectivity index (χ4v) is 4.07. The third kappa shape index (κ3) is 2.36. The average molecular weight is 280 g/mol. The maximum absolute atomic E-state index is 2.58. The fourth-order valence-electron chi connectivity index (χ4n) is 2.91. The molecule has 1 aliphatic carbocycles. The lowest BCUT2D eigenvalue weighted by atomic mass is 9.66. The molecule has 12 heavy (non-hydrogen) atoms. The van der Waals surface area contributed by atoms with Gasteiger partial charge in [0.2, 0.25) is 0 Å². The van der Waals surface area contributed by atoms with Gasteiger partial charge in [0.15, 0.2) is 0 Å². The first-order valence-electron chi connectivity index (χ1n) is 5.18. The van der Waals surface area contributed by atoms with Crippen molar-refractivity contribution in [2.24, 2.45) is 17.3 Å². The van der Waals surface area contributed by atoms with Gasteiger partial charge >= 0.3 is 0 Å². The minimum absolute atomic E-state index is 0.692. The summed E-state index contributed by atoms with van der Waals surface area (Å²) in [5.41, 5.74) is 0.692. The lowest BCUT2D eigenvalue weighted by Gasteiger charge is -2.41. The van der Waals surface area contributed by atoms with E-state index >= 15 is 0 Å². The van der Waals surface area contributed by atoms with E-state index < -0.39 is 0 Å². The molecular weight excluding hydrogens is 259 g/mol. The molecule has 0 bridgehead atoms. The molecule has 0 aromatic heterocycles. The summed E-state index contributed by atoms with van der Waals surface area (Å²) in [6, 6.07) is 0. The molecule has 0 aliphatic heterocycles. The van der Waals surface area contributed by atoms with E-state index in [9.17, 15) is 0 Å². The van der Waals surface area contributed by atoms with E-state index in [1.165, 1.54) is 30.1 Å². The lowest BCUT2D eigenvalue weighted by molar-refractivity contribution is 0.126. The number of halogens is 1. The van der Waals surface area contributed by atoms with E-state index in [2.05, 4.69) is 43.4 Å².